The molecular formula is C20H22ClN3O4S2. The summed E-state index contributed by atoms with van der Waals surface area (Å²) in [5.74, 6) is -0.125. The van der Waals surface area contributed by atoms with Gasteiger partial charge in [0.2, 0.25) is 5.91 Å². The highest BCUT2D eigenvalue weighted by Crippen LogP contribution is 2.47. The lowest BCUT2D eigenvalue weighted by atomic mass is 9.96. The number of hydrogen-bond acceptors (Lipinski definition) is 6. The third-order valence-electron chi connectivity index (χ3n) is 5.85. The fraction of sp³-hybridized carbons (Fsp3) is 0.450. The zero-order chi connectivity index (χ0) is 22.0. The van der Waals surface area contributed by atoms with E-state index in [-0.39, 0.29) is 27.8 Å². The average molecular weight is 468 g/mol. The second-order valence-corrected chi connectivity index (χ2v) is 11.9. The van der Waals surface area contributed by atoms with Crippen LogP contribution < -0.4 is 5.32 Å². The van der Waals surface area contributed by atoms with Gasteiger partial charge in [0.1, 0.15) is 0 Å². The number of fused-ring (bicyclic) bond motifs is 1. The highest BCUT2D eigenvalue weighted by Gasteiger charge is 2.48. The van der Waals surface area contributed by atoms with Crippen molar-refractivity contribution in [3.05, 3.63) is 29.0 Å². The normalized spacial score (nSPS) is 16.7. The van der Waals surface area contributed by atoms with Crippen LogP contribution in [0.15, 0.2) is 17.0 Å². The zero-order valence-electron chi connectivity index (χ0n) is 17.1. The SMILES string of the molecule is CC(=O)Nc1nc(C)c(-c2cc3c(c(S(=O)(=O)Cl)c2)C(=O)N(C(C)(C)C2CC2)C3)s1. The van der Waals surface area contributed by atoms with E-state index in [0.29, 0.717) is 34.4 Å². The smallest absolute Gasteiger partial charge is 0.262 e. The summed E-state index contributed by atoms with van der Waals surface area (Å²) in [6.07, 6.45) is 2.12. The first kappa shape index (κ1) is 21.3. The van der Waals surface area contributed by atoms with Crippen LogP contribution >= 0.6 is 22.0 Å². The maximum atomic E-state index is 13.2. The molecule has 0 radical (unpaired) electrons. The summed E-state index contributed by atoms with van der Waals surface area (Å²) in [7, 11) is 1.60. The van der Waals surface area contributed by atoms with Gasteiger partial charge in [-0.25, -0.2) is 13.4 Å². The van der Waals surface area contributed by atoms with Gasteiger partial charge in [-0.15, -0.1) is 0 Å². The molecule has 1 N–H and O–H groups in total. The Hall–Kier alpha value is -1.97. The number of thiazole rings is 1. The predicted octanol–water partition coefficient (Wildman–Crippen LogP) is 4.15. The van der Waals surface area contributed by atoms with Gasteiger partial charge in [-0.3, -0.25) is 9.59 Å². The van der Waals surface area contributed by atoms with E-state index in [9.17, 15) is 18.0 Å². The van der Waals surface area contributed by atoms with Crippen molar-refractivity contribution in [2.24, 2.45) is 5.92 Å². The van der Waals surface area contributed by atoms with Crippen LogP contribution in [0, 0.1) is 12.8 Å². The van der Waals surface area contributed by atoms with Crippen molar-refractivity contribution in [3.8, 4) is 10.4 Å². The standard InChI is InChI=1S/C20H22ClN3O4S2/c1-10-17(29-19(22-10)23-11(2)25)12-7-13-9-24(20(3,4)14-5-6-14)18(26)16(13)15(8-12)30(21,27)28/h7-8,14H,5-6,9H2,1-4H3,(H,22,23,25). The highest BCUT2D eigenvalue weighted by molar-refractivity contribution is 8.13. The van der Waals surface area contributed by atoms with Crippen LogP contribution in [0.5, 0.6) is 0 Å². The van der Waals surface area contributed by atoms with E-state index >= 15 is 0 Å². The maximum absolute atomic E-state index is 13.2. The van der Waals surface area contributed by atoms with E-state index in [0.717, 1.165) is 17.7 Å². The summed E-state index contributed by atoms with van der Waals surface area (Å²) in [4.78, 5) is 31.2. The summed E-state index contributed by atoms with van der Waals surface area (Å²) >= 11 is 1.25. The summed E-state index contributed by atoms with van der Waals surface area (Å²) in [6, 6.07) is 3.27. The average Bonchev–Trinajstić information content (AvgIpc) is 3.35. The Morgan fingerprint density at radius 2 is 2.00 bits per heavy atom. The van der Waals surface area contributed by atoms with Crippen molar-refractivity contribution in [3.63, 3.8) is 0 Å². The van der Waals surface area contributed by atoms with Gasteiger partial charge in [0, 0.05) is 29.7 Å². The van der Waals surface area contributed by atoms with Crippen LogP contribution in [0.4, 0.5) is 5.13 Å². The quantitative estimate of drug-likeness (QED) is 0.666. The Kier molecular flexibility index (Phi) is 4.99. The molecule has 2 amide bonds. The monoisotopic (exact) mass is 467 g/mol. The Labute approximate surface area is 183 Å². The van der Waals surface area contributed by atoms with Crippen LogP contribution in [-0.2, 0) is 20.4 Å². The molecule has 0 unspecified atom stereocenters. The summed E-state index contributed by atoms with van der Waals surface area (Å²) < 4.78 is 24.8. The topological polar surface area (TPSA) is 96.4 Å². The molecule has 1 aromatic heterocycles. The van der Waals surface area contributed by atoms with Gasteiger partial charge >= 0.3 is 0 Å². The van der Waals surface area contributed by atoms with E-state index < -0.39 is 9.05 Å². The molecular weight excluding hydrogens is 446 g/mol. The number of aromatic nitrogens is 1. The number of nitrogens with one attached hydrogen (secondary N) is 1. The Morgan fingerprint density at radius 3 is 2.57 bits per heavy atom. The summed E-state index contributed by atoms with van der Waals surface area (Å²) in [5, 5.41) is 3.08. The molecule has 1 saturated carbocycles. The molecule has 0 bridgehead atoms. The molecule has 10 heteroatoms. The van der Waals surface area contributed by atoms with E-state index in [1.54, 1.807) is 11.8 Å². The van der Waals surface area contributed by atoms with Crippen LogP contribution in [0.2, 0.25) is 0 Å². The van der Waals surface area contributed by atoms with Gasteiger partial charge in [-0.1, -0.05) is 11.3 Å². The number of carbonyl (C=O) groups excluding carboxylic acids is 2. The lowest BCUT2D eigenvalue weighted by molar-refractivity contribution is -0.114. The third-order valence-corrected chi connectivity index (χ3v) is 8.32. The first-order chi connectivity index (χ1) is 13.9. The number of halogens is 1. The number of benzene rings is 1. The number of amides is 2. The first-order valence-electron chi connectivity index (χ1n) is 9.58. The number of nitrogens with zero attached hydrogens (tertiary/aromatic N) is 2. The van der Waals surface area contributed by atoms with Crippen molar-refractivity contribution < 1.29 is 18.0 Å². The van der Waals surface area contributed by atoms with E-state index in [1.165, 1.54) is 24.3 Å². The largest absolute Gasteiger partial charge is 0.329 e. The second-order valence-electron chi connectivity index (χ2n) is 8.38. The molecule has 30 heavy (non-hydrogen) atoms. The van der Waals surface area contributed by atoms with Gasteiger partial charge in [0.25, 0.3) is 15.0 Å². The number of aryl methyl sites for hydroxylation is 1. The molecule has 0 spiro atoms. The molecule has 160 valence electrons. The van der Waals surface area contributed by atoms with E-state index in [4.69, 9.17) is 10.7 Å². The molecule has 2 aromatic rings. The van der Waals surface area contributed by atoms with Gasteiger partial charge in [-0.2, -0.15) is 0 Å². The van der Waals surface area contributed by atoms with Gasteiger partial charge in [0.15, 0.2) is 5.13 Å². The molecule has 1 aliphatic heterocycles. The van der Waals surface area contributed by atoms with Gasteiger partial charge < -0.3 is 10.2 Å². The molecule has 1 fully saturated rings. The van der Waals surface area contributed by atoms with Crippen LogP contribution in [0.25, 0.3) is 10.4 Å². The Morgan fingerprint density at radius 1 is 1.33 bits per heavy atom. The summed E-state index contributed by atoms with van der Waals surface area (Å²) in [5.41, 5.74) is 1.70. The fourth-order valence-corrected chi connectivity index (χ4v) is 6.18. The second kappa shape index (κ2) is 7.03. The van der Waals surface area contributed by atoms with Crippen LogP contribution in [0.1, 0.15) is 55.2 Å². The lowest BCUT2D eigenvalue weighted by Gasteiger charge is -2.36. The Bertz CT molecular complexity index is 1180. The minimum atomic E-state index is -4.15. The minimum Gasteiger partial charge on any atom is -0.329 e. The molecule has 2 heterocycles. The summed E-state index contributed by atoms with van der Waals surface area (Å²) in [6.45, 7) is 7.56. The molecule has 4 rings (SSSR count). The number of rotatable bonds is 5. The van der Waals surface area contributed by atoms with Gasteiger partial charge in [0.05, 0.1) is 21.0 Å². The Balaban J connectivity index is 1.84. The van der Waals surface area contributed by atoms with Crippen molar-refractivity contribution in [2.75, 3.05) is 5.32 Å². The first-order valence-corrected chi connectivity index (χ1v) is 12.7. The number of anilines is 1. The lowest BCUT2D eigenvalue weighted by Crippen LogP contribution is -2.45. The third kappa shape index (κ3) is 3.63. The molecule has 1 aromatic carbocycles. The van der Waals surface area contributed by atoms with E-state index in [1.807, 2.05) is 19.9 Å². The van der Waals surface area contributed by atoms with Crippen LogP contribution in [-0.4, -0.2) is 35.7 Å². The van der Waals surface area contributed by atoms with Crippen molar-refractivity contribution in [1.29, 1.82) is 0 Å². The molecule has 7 nitrogen and oxygen atoms in total. The molecule has 2 aliphatic rings. The minimum absolute atomic E-state index is 0.159. The van der Waals surface area contributed by atoms with Crippen molar-refractivity contribution in [1.82, 2.24) is 9.88 Å². The highest BCUT2D eigenvalue weighted by atomic mass is 35.7. The van der Waals surface area contributed by atoms with Crippen molar-refractivity contribution >= 4 is 48.0 Å². The van der Waals surface area contributed by atoms with Crippen LogP contribution in [0.3, 0.4) is 0 Å². The predicted molar refractivity (Wildman–Crippen MR) is 116 cm³/mol. The molecule has 0 saturated heterocycles. The number of carbonyl (C=O) groups is 2. The van der Waals surface area contributed by atoms with E-state index in [2.05, 4.69) is 10.3 Å². The molecule has 0 atom stereocenters. The zero-order valence-corrected chi connectivity index (χ0v) is 19.5. The fourth-order valence-electron chi connectivity index (χ4n) is 4.09. The molecule has 1 aliphatic carbocycles. The maximum Gasteiger partial charge on any atom is 0.262 e. The van der Waals surface area contributed by atoms with Gasteiger partial charge in [-0.05, 0) is 62.8 Å². The van der Waals surface area contributed by atoms with Crippen molar-refractivity contribution in [2.45, 2.75) is 57.5 Å². The number of hydrogen-bond donors (Lipinski definition) is 1.